The van der Waals surface area contributed by atoms with Crippen LogP contribution in [0.2, 0.25) is 0 Å². The predicted molar refractivity (Wildman–Crippen MR) is 97.5 cm³/mol. The first-order valence-electron chi connectivity index (χ1n) is 9.47. The summed E-state index contributed by atoms with van der Waals surface area (Å²) in [6, 6.07) is 5.86. The van der Waals surface area contributed by atoms with Crippen LogP contribution in [0.15, 0.2) is 18.2 Å². The number of carbonyl (C=O) groups excluding carboxylic acids is 1. The molecule has 25 heavy (non-hydrogen) atoms. The van der Waals surface area contributed by atoms with Gasteiger partial charge in [0.15, 0.2) is 11.5 Å². The van der Waals surface area contributed by atoms with Crippen molar-refractivity contribution >= 4 is 5.91 Å². The van der Waals surface area contributed by atoms with E-state index in [-0.39, 0.29) is 17.9 Å². The summed E-state index contributed by atoms with van der Waals surface area (Å²) in [5, 5.41) is 3.06. The van der Waals surface area contributed by atoms with Gasteiger partial charge in [0.05, 0.1) is 19.6 Å². The van der Waals surface area contributed by atoms with Crippen LogP contribution in [0, 0.1) is 17.8 Å². The molecule has 0 saturated heterocycles. The number of ether oxygens (including phenoxy) is 2. The molecule has 1 aromatic carbocycles. The van der Waals surface area contributed by atoms with Crippen LogP contribution in [0.5, 0.6) is 11.5 Å². The van der Waals surface area contributed by atoms with E-state index < -0.39 is 0 Å². The molecule has 0 spiro atoms. The van der Waals surface area contributed by atoms with Crippen molar-refractivity contribution in [2.45, 2.75) is 51.6 Å². The van der Waals surface area contributed by atoms with Crippen LogP contribution in [0.25, 0.3) is 0 Å². The zero-order chi connectivity index (χ0) is 17.8. The Hall–Kier alpha value is -1.75. The number of rotatable bonds is 8. The Bertz CT molecular complexity index is 603. The second-order valence-corrected chi connectivity index (χ2v) is 7.34. The molecule has 0 aliphatic heterocycles. The number of benzene rings is 1. The second kappa shape index (κ2) is 8.09. The number of amides is 1. The topological polar surface area (TPSA) is 73.6 Å². The van der Waals surface area contributed by atoms with Gasteiger partial charge in [-0.2, -0.15) is 0 Å². The molecule has 3 rings (SSSR count). The van der Waals surface area contributed by atoms with Crippen molar-refractivity contribution in [1.29, 1.82) is 0 Å². The molecule has 4 atom stereocenters. The third kappa shape index (κ3) is 3.92. The average Bonchev–Trinajstić information content (AvgIpc) is 3.21. The molecule has 4 unspecified atom stereocenters. The Labute approximate surface area is 150 Å². The summed E-state index contributed by atoms with van der Waals surface area (Å²) in [5.74, 6) is 2.56. The molecule has 138 valence electrons. The molecule has 1 amide bonds. The molecule has 2 aliphatic carbocycles. The predicted octanol–water partition coefficient (Wildman–Crippen LogP) is 2.86. The molecule has 5 heteroatoms. The number of hydrogen-bond acceptors (Lipinski definition) is 4. The number of unbranched alkanes of at least 4 members (excludes halogenated alkanes) is 1. The van der Waals surface area contributed by atoms with Gasteiger partial charge >= 0.3 is 0 Å². The molecule has 2 aliphatic rings. The summed E-state index contributed by atoms with van der Waals surface area (Å²) >= 11 is 0. The maximum absolute atomic E-state index is 12.6. The van der Waals surface area contributed by atoms with E-state index in [0.717, 1.165) is 37.0 Å². The van der Waals surface area contributed by atoms with Crippen LogP contribution in [-0.2, 0) is 11.3 Å². The van der Waals surface area contributed by atoms with Crippen LogP contribution >= 0.6 is 0 Å². The third-order valence-corrected chi connectivity index (χ3v) is 5.73. The lowest BCUT2D eigenvalue weighted by Gasteiger charge is -2.27. The smallest absolute Gasteiger partial charge is 0.225 e. The van der Waals surface area contributed by atoms with E-state index in [0.29, 0.717) is 30.7 Å². The number of nitrogens with one attached hydrogen (secondary N) is 1. The Kier molecular flexibility index (Phi) is 5.84. The van der Waals surface area contributed by atoms with Crippen LogP contribution in [0.4, 0.5) is 0 Å². The fourth-order valence-corrected chi connectivity index (χ4v) is 4.30. The highest BCUT2D eigenvalue weighted by Gasteiger charge is 2.48. The van der Waals surface area contributed by atoms with Crippen molar-refractivity contribution in [3.8, 4) is 11.5 Å². The number of methoxy groups -OCH3 is 1. The minimum absolute atomic E-state index is 0.0164. The van der Waals surface area contributed by atoms with Crippen molar-refractivity contribution in [2.24, 2.45) is 23.5 Å². The van der Waals surface area contributed by atoms with Gasteiger partial charge in [-0.3, -0.25) is 4.79 Å². The van der Waals surface area contributed by atoms with E-state index in [2.05, 4.69) is 12.2 Å². The monoisotopic (exact) mass is 346 g/mol. The Morgan fingerprint density at radius 2 is 2.08 bits per heavy atom. The SMILES string of the molecule is CCCCOc1ccc(CNC(=O)C2C3CCC(C3)C2N)cc1OC. The fraction of sp³-hybridized carbons (Fsp3) is 0.650. The van der Waals surface area contributed by atoms with E-state index in [9.17, 15) is 4.79 Å². The first-order valence-corrected chi connectivity index (χ1v) is 9.47. The lowest BCUT2D eigenvalue weighted by molar-refractivity contribution is -0.127. The molecule has 0 aromatic heterocycles. The first kappa shape index (κ1) is 18.1. The van der Waals surface area contributed by atoms with Gasteiger partial charge in [-0.05, 0) is 55.2 Å². The van der Waals surface area contributed by atoms with Crippen LogP contribution in [0.3, 0.4) is 0 Å². The standard InChI is InChI=1S/C20H30N2O3/c1-3-4-9-25-16-8-5-13(10-17(16)24-2)12-22-20(23)18-14-6-7-15(11-14)19(18)21/h5,8,10,14-15,18-19H,3-4,6-7,9,11-12,21H2,1-2H3,(H,22,23). The van der Waals surface area contributed by atoms with Gasteiger partial charge in [0.2, 0.25) is 5.91 Å². The molecular formula is C20H30N2O3. The summed E-state index contributed by atoms with van der Waals surface area (Å²) < 4.78 is 11.2. The molecule has 1 aromatic rings. The van der Waals surface area contributed by atoms with Gasteiger partial charge in [-0.25, -0.2) is 0 Å². The number of fused-ring (bicyclic) bond motifs is 2. The van der Waals surface area contributed by atoms with Crippen molar-refractivity contribution in [3.05, 3.63) is 23.8 Å². The Morgan fingerprint density at radius 3 is 2.76 bits per heavy atom. The van der Waals surface area contributed by atoms with E-state index in [1.807, 2.05) is 18.2 Å². The zero-order valence-electron chi connectivity index (χ0n) is 15.3. The van der Waals surface area contributed by atoms with Crippen molar-refractivity contribution in [1.82, 2.24) is 5.32 Å². The average molecular weight is 346 g/mol. The quantitative estimate of drug-likeness (QED) is 0.710. The van der Waals surface area contributed by atoms with E-state index >= 15 is 0 Å². The van der Waals surface area contributed by atoms with Gasteiger partial charge in [0, 0.05) is 12.6 Å². The van der Waals surface area contributed by atoms with Gasteiger partial charge in [-0.15, -0.1) is 0 Å². The minimum atomic E-state index is -0.0164. The summed E-state index contributed by atoms with van der Waals surface area (Å²) in [7, 11) is 1.64. The summed E-state index contributed by atoms with van der Waals surface area (Å²) in [6.07, 6.45) is 5.57. The number of hydrogen-bond donors (Lipinski definition) is 2. The van der Waals surface area contributed by atoms with E-state index in [1.165, 1.54) is 6.42 Å². The minimum Gasteiger partial charge on any atom is -0.493 e. The van der Waals surface area contributed by atoms with Crippen LogP contribution in [0.1, 0.15) is 44.6 Å². The fourth-order valence-electron chi connectivity index (χ4n) is 4.30. The van der Waals surface area contributed by atoms with Gasteiger partial charge in [-0.1, -0.05) is 19.4 Å². The Balaban J connectivity index is 1.56. The lowest BCUT2D eigenvalue weighted by Crippen LogP contribution is -2.45. The molecule has 5 nitrogen and oxygen atoms in total. The Morgan fingerprint density at radius 1 is 1.28 bits per heavy atom. The summed E-state index contributed by atoms with van der Waals surface area (Å²) in [4.78, 5) is 12.6. The summed E-state index contributed by atoms with van der Waals surface area (Å²) in [6.45, 7) is 3.31. The highest BCUT2D eigenvalue weighted by Crippen LogP contribution is 2.47. The van der Waals surface area contributed by atoms with Crippen molar-refractivity contribution < 1.29 is 14.3 Å². The van der Waals surface area contributed by atoms with Crippen molar-refractivity contribution in [3.63, 3.8) is 0 Å². The first-order chi connectivity index (χ1) is 12.1. The molecule has 0 radical (unpaired) electrons. The van der Waals surface area contributed by atoms with E-state index in [1.54, 1.807) is 7.11 Å². The number of carbonyl (C=O) groups is 1. The molecular weight excluding hydrogens is 316 g/mol. The molecule has 2 fully saturated rings. The van der Waals surface area contributed by atoms with E-state index in [4.69, 9.17) is 15.2 Å². The normalized spacial score (nSPS) is 27.3. The van der Waals surface area contributed by atoms with Gasteiger partial charge in [0.25, 0.3) is 0 Å². The molecule has 3 N–H and O–H groups in total. The van der Waals surface area contributed by atoms with Crippen LogP contribution < -0.4 is 20.5 Å². The highest BCUT2D eigenvalue weighted by molar-refractivity contribution is 5.80. The third-order valence-electron chi connectivity index (χ3n) is 5.73. The maximum Gasteiger partial charge on any atom is 0.225 e. The van der Waals surface area contributed by atoms with Crippen molar-refractivity contribution in [2.75, 3.05) is 13.7 Å². The van der Waals surface area contributed by atoms with Gasteiger partial charge < -0.3 is 20.5 Å². The maximum atomic E-state index is 12.6. The molecule has 2 bridgehead atoms. The molecule has 0 heterocycles. The zero-order valence-corrected chi connectivity index (χ0v) is 15.3. The molecule has 2 saturated carbocycles. The highest BCUT2D eigenvalue weighted by atomic mass is 16.5. The number of nitrogens with two attached hydrogens (primary N) is 1. The van der Waals surface area contributed by atoms with Crippen LogP contribution in [-0.4, -0.2) is 25.7 Å². The largest absolute Gasteiger partial charge is 0.493 e. The summed E-state index contributed by atoms with van der Waals surface area (Å²) in [5.41, 5.74) is 7.26. The van der Waals surface area contributed by atoms with Gasteiger partial charge in [0.1, 0.15) is 0 Å². The lowest BCUT2D eigenvalue weighted by atomic mass is 9.84. The second-order valence-electron chi connectivity index (χ2n) is 7.34.